The molecule has 17 heavy (non-hydrogen) atoms. The van der Waals surface area contributed by atoms with Crippen molar-refractivity contribution >= 4 is 44.6 Å². The molecule has 0 saturated heterocycles. The number of rotatable bonds is 2. The third kappa shape index (κ3) is 2.73. The summed E-state index contributed by atoms with van der Waals surface area (Å²) in [4.78, 5) is 0. The molecule has 0 bridgehead atoms. The summed E-state index contributed by atoms with van der Waals surface area (Å²) in [7, 11) is 0. The quantitative estimate of drug-likeness (QED) is 0.786. The molecular weight excluding hydrogens is 300 g/mol. The lowest BCUT2D eigenvalue weighted by molar-refractivity contribution is 1.42. The Kier molecular flexibility index (Phi) is 3.60. The molecule has 88 valence electrons. The van der Waals surface area contributed by atoms with Gasteiger partial charge < -0.3 is 11.1 Å². The average Bonchev–Trinajstić information content (AvgIpc) is 2.26. The number of anilines is 3. The Bertz CT molecular complexity index is 535. The van der Waals surface area contributed by atoms with E-state index < -0.39 is 0 Å². The van der Waals surface area contributed by atoms with E-state index >= 15 is 0 Å². The normalized spacial score (nSPS) is 10.3. The maximum absolute atomic E-state index is 6.11. The van der Waals surface area contributed by atoms with Gasteiger partial charge in [0.25, 0.3) is 0 Å². The summed E-state index contributed by atoms with van der Waals surface area (Å²) in [5.74, 6) is 0. The van der Waals surface area contributed by atoms with Crippen LogP contribution in [0.15, 0.2) is 40.9 Å². The van der Waals surface area contributed by atoms with Gasteiger partial charge in [0.05, 0.1) is 16.4 Å². The topological polar surface area (TPSA) is 38.0 Å². The highest BCUT2D eigenvalue weighted by Gasteiger charge is 2.06. The maximum atomic E-state index is 6.11. The standard InChI is InChI=1S/C13H12BrClN2/c1-8-7-9(14)5-6-12(8)17-13-10(15)3-2-4-11(13)16/h2-7,17H,16H2,1H3. The third-order valence-corrected chi connectivity index (χ3v) is 3.30. The second-order valence-electron chi connectivity index (χ2n) is 3.79. The summed E-state index contributed by atoms with van der Waals surface area (Å²) >= 11 is 9.54. The number of benzene rings is 2. The molecule has 4 heteroatoms. The summed E-state index contributed by atoms with van der Waals surface area (Å²) in [6, 6.07) is 11.5. The van der Waals surface area contributed by atoms with E-state index in [4.69, 9.17) is 17.3 Å². The maximum Gasteiger partial charge on any atom is 0.0807 e. The Morgan fingerprint density at radius 2 is 2.00 bits per heavy atom. The number of nitrogen functional groups attached to an aromatic ring is 1. The molecule has 2 nitrogen and oxygen atoms in total. The molecule has 0 aromatic heterocycles. The van der Waals surface area contributed by atoms with Crippen molar-refractivity contribution in [3.05, 3.63) is 51.5 Å². The van der Waals surface area contributed by atoms with Gasteiger partial charge in [0.2, 0.25) is 0 Å². The molecular formula is C13H12BrClN2. The van der Waals surface area contributed by atoms with Crippen LogP contribution in [-0.2, 0) is 0 Å². The Hall–Kier alpha value is -1.19. The van der Waals surface area contributed by atoms with E-state index in [1.807, 2.05) is 43.3 Å². The Balaban J connectivity index is 2.38. The number of hydrogen-bond acceptors (Lipinski definition) is 2. The molecule has 0 heterocycles. The fourth-order valence-electron chi connectivity index (χ4n) is 1.57. The molecule has 0 spiro atoms. The summed E-state index contributed by atoms with van der Waals surface area (Å²) < 4.78 is 1.05. The molecule has 3 N–H and O–H groups in total. The highest BCUT2D eigenvalue weighted by atomic mass is 79.9. The first-order valence-electron chi connectivity index (χ1n) is 5.15. The van der Waals surface area contributed by atoms with Crippen molar-refractivity contribution in [3.63, 3.8) is 0 Å². The van der Waals surface area contributed by atoms with Crippen LogP contribution in [0.4, 0.5) is 17.1 Å². The van der Waals surface area contributed by atoms with E-state index in [1.54, 1.807) is 0 Å². The number of halogens is 2. The SMILES string of the molecule is Cc1cc(Br)ccc1Nc1c(N)cccc1Cl. The minimum Gasteiger partial charge on any atom is -0.397 e. The number of nitrogens with two attached hydrogens (primary N) is 1. The Morgan fingerprint density at radius 3 is 2.65 bits per heavy atom. The molecule has 0 radical (unpaired) electrons. The lowest BCUT2D eigenvalue weighted by Gasteiger charge is -2.13. The molecule has 0 fully saturated rings. The molecule has 0 aliphatic carbocycles. The average molecular weight is 312 g/mol. The summed E-state index contributed by atoms with van der Waals surface area (Å²) in [6.45, 7) is 2.03. The van der Waals surface area contributed by atoms with Crippen molar-refractivity contribution in [2.45, 2.75) is 6.92 Å². The molecule has 2 aromatic rings. The second kappa shape index (κ2) is 4.98. The first kappa shape index (κ1) is 12.3. The van der Waals surface area contributed by atoms with Gasteiger partial charge in [0, 0.05) is 10.2 Å². The summed E-state index contributed by atoms with van der Waals surface area (Å²) in [5, 5.41) is 3.88. The highest BCUT2D eigenvalue weighted by Crippen LogP contribution is 2.32. The number of aryl methyl sites for hydroxylation is 1. The molecule has 0 unspecified atom stereocenters. The number of nitrogens with one attached hydrogen (secondary N) is 1. The van der Waals surface area contributed by atoms with Gasteiger partial charge in [0.1, 0.15) is 0 Å². The molecule has 0 aliphatic rings. The minimum atomic E-state index is 0.618. The predicted octanol–water partition coefficient (Wildman–Crippen LogP) is 4.74. The van der Waals surface area contributed by atoms with Crippen LogP contribution in [0, 0.1) is 6.92 Å². The van der Waals surface area contributed by atoms with Gasteiger partial charge in [-0.1, -0.05) is 33.6 Å². The minimum absolute atomic E-state index is 0.618. The Labute approximate surface area is 114 Å². The van der Waals surface area contributed by atoms with Crippen LogP contribution in [0.25, 0.3) is 0 Å². The number of hydrogen-bond donors (Lipinski definition) is 2. The van der Waals surface area contributed by atoms with Crippen molar-refractivity contribution < 1.29 is 0 Å². The van der Waals surface area contributed by atoms with Gasteiger partial charge in [-0.05, 0) is 42.8 Å². The third-order valence-electron chi connectivity index (χ3n) is 2.49. The zero-order valence-electron chi connectivity index (χ0n) is 9.30. The van der Waals surface area contributed by atoms with Crippen LogP contribution in [-0.4, -0.2) is 0 Å². The smallest absolute Gasteiger partial charge is 0.0807 e. The summed E-state index contributed by atoms with van der Waals surface area (Å²) in [5.41, 5.74) is 9.40. The van der Waals surface area contributed by atoms with Crippen molar-refractivity contribution in [2.75, 3.05) is 11.1 Å². The molecule has 2 rings (SSSR count). The predicted molar refractivity (Wildman–Crippen MR) is 78.0 cm³/mol. The number of para-hydroxylation sites is 1. The molecule has 0 atom stereocenters. The van der Waals surface area contributed by atoms with Gasteiger partial charge in [-0.2, -0.15) is 0 Å². The zero-order chi connectivity index (χ0) is 12.4. The second-order valence-corrected chi connectivity index (χ2v) is 5.11. The molecule has 0 aliphatic heterocycles. The van der Waals surface area contributed by atoms with Crippen molar-refractivity contribution in [1.29, 1.82) is 0 Å². The lowest BCUT2D eigenvalue weighted by Crippen LogP contribution is -1.98. The van der Waals surface area contributed by atoms with Crippen molar-refractivity contribution in [1.82, 2.24) is 0 Å². The van der Waals surface area contributed by atoms with Gasteiger partial charge >= 0.3 is 0 Å². The van der Waals surface area contributed by atoms with E-state index in [1.165, 1.54) is 0 Å². The summed E-state index contributed by atoms with van der Waals surface area (Å²) in [6.07, 6.45) is 0. The van der Waals surface area contributed by atoms with E-state index in [2.05, 4.69) is 21.2 Å². The van der Waals surface area contributed by atoms with Crippen LogP contribution in [0.2, 0.25) is 5.02 Å². The highest BCUT2D eigenvalue weighted by molar-refractivity contribution is 9.10. The van der Waals surface area contributed by atoms with Crippen LogP contribution in [0.3, 0.4) is 0 Å². The van der Waals surface area contributed by atoms with Crippen molar-refractivity contribution in [3.8, 4) is 0 Å². The fraction of sp³-hybridized carbons (Fsp3) is 0.0769. The zero-order valence-corrected chi connectivity index (χ0v) is 11.6. The van der Waals surface area contributed by atoms with Crippen LogP contribution < -0.4 is 11.1 Å². The van der Waals surface area contributed by atoms with Gasteiger partial charge in [-0.25, -0.2) is 0 Å². The van der Waals surface area contributed by atoms with Crippen LogP contribution in [0.1, 0.15) is 5.56 Å². The van der Waals surface area contributed by atoms with Crippen molar-refractivity contribution in [2.24, 2.45) is 0 Å². The van der Waals surface area contributed by atoms with E-state index in [0.29, 0.717) is 10.7 Å². The fourth-order valence-corrected chi connectivity index (χ4v) is 2.28. The lowest BCUT2D eigenvalue weighted by atomic mass is 10.2. The van der Waals surface area contributed by atoms with Crippen LogP contribution in [0.5, 0.6) is 0 Å². The Morgan fingerprint density at radius 1 is 1.24 bits per heavy atom. The van der Waals surface area contributed by atoms with E-state index in [-0.39, 0.29) is 0 Å². The monoisotopic (exact) mass is 310 g/mol. The first-order valence-corrected chi connectivity index (χ1v) is 6.32. The first-order chi connectivity index (χ1) is 8.08. The van der Waals surface area contributed by atoms with E-state index in [0.717, 1.165) is 21.4 Å². The van der Waals surface area contributed by atoms with Gasteiger partial charge in [0.15, 0.2) is 0 Å². The molecule has 2 aromatic carbocycles. The largest absolute Gasteiger partial charge is 0.397 e. The van der Waals surface area contributed by atoms with Gasteiger partial charge in [-0.3, -0.25) is 0 Å². The van der Waals surface area contributed by atoms with Crippen LogP contribution >= 0.6 is 27.5 Å². The molecule has 0 saturated carbocycles. The van der Waals surface area contributed by atoms with E-state index in [9.17, 15) is 0 Å². The molecule has 0 amide bonds. The van der Waals surface area contributed by atoms with Gasteiger partial charge in [-0.15, -0.1) is 0 Å².